The van der Waals surface area contributed by atoms with Gasteiger partial charge in [-0.25, -0.2) is 18.2 Å². The lowest BCUT2D eigenvalue weighted by Crippen LogP contribution is -2.40. The molecule has 132 valence electrons. The van der Waals surface area contributed by atoms with Crippen molar-refractivity contribution in [3.8, 4) is 0 Å². The molecular formula is C17H11F3N4O2. The van der Waals surface area contributed by atoms with E-state index in [0.717, 1.165) is 0 Å². The number of halogens is 3. The number of ketones is 1. The van der Waals surface area contributed by atoms with Crippen molar-refractivity contribution in [2.24, 2.45) is 0 Å². The Morgan fingerprint density at radius 1 is 1.23 bits per heavy atom. The molecule has 0 saturated heterocycles. The van der Waals surface area contributed by atoms with Gasteiger partial charge in [0.15, 0.2) is 28.7 Å². The zero-order chi connectivity index (χ0) is 18.4. The fourth-order valence-corrected chi connectivity index (χ4v) is 2.95. The van der Waals surface area contributed by atoms with Gasteiger partial charge in [0, 0.05) is 31.3 Å². The molecule has 1 amide bonds. The summed E-state index contributed by atoms with van der Waals surface area (Å²) >= 11 is 0. The third-order valence-electron chi connectivity index (χ3n) is 4.11. The number of Topliss-reactive ketones (excluding diaryl/α,β-unsaturated/α-hetero) is 1. The number of rotatable bonds is 2. The first-order valence-electron chi connectivity index (χ1n) is 7.69. The van der Waals surface area contributed by atoms with Crippen molar-refractivity contribution in [2.75, 3.05) is 10.6 Å². The topological polar surface area (TPSA) is 76.0 Å². The monoisotopic (exact) mass is 360 g/mol. The smallest absolute Gasteiger partial charge is 0.263 e. The SMILES string of the molecule is O=C1CCn2c(nc3c2=CC=CN3)=C1C(=O)Nc1c(F)cc(F)cc1F. The predicted molar refractivity (Wildman–Crippen MR) is 86.7 cm³/mol. The molecule has 2 aliphatic rings. The van der Waals surface area contributed by atoms with E-state index in [2.05, 4.69) is 10.3 Å². The third kappa shape index (κ3) is 2.48. The Morgan fingerprint density at radius 3 is 2.69 bits per heavy atom. The Hall–Kier alpha value is -3.36. The largest absolute Gasteiger partial charge is 0.345 e. The first-order chi connectivity index (χ1) is 12.5. The normalized spacial score (nSPS) is 15.0. The van der Waals surface area contributed by atoms with Crippen LogP contribution in [0.5, 0.6) is 0 Å². The molecule has 4 rings (SSSR count). The number of allylic oxidation sites excluding steroid dienone is 1. The molecule has 2 aliphatic heterocycles. The molecule has 0 fully saturated rings. The van der Waals surface area contributed by atoms with E-state index in [1.807, 2.05) is 5.32 Å². The molecule has 0 aliphatic carbocycles. The Bertz CT molecular complexity index is 1090. The van der Waals surface area contributed by atoms with Crippen LogP contribution in [0.2, 0.25) is 0 Å². The molecule has 2 aromatic rings. The molecule has 0 bridgehead atoms. The van der Waals surface area contributed by atoms with E-state index in [0.29, 0.717) is 29.8 Å². The number of aromatic nitrogens is 2. The first kappa shape index (κ1) is 16.1. The number of carbonyl (C=O) groups excluding carboxylic acids is 2. The van der Waals surface area contributed by atoms with Crippen LogP contribution in [0.4, 0.5) is 24.7 Å². The van der Waals surface area contributed by atoms with Gasteiger partial charge in [-0.3, -0.25) is 9.59 Å². The van der Waals surface area contributed by atoms with E-state index < -0.39 is 34.8 Å². The summed E-state index contributed by atoms with van der Waals surface area (Å²) in [6.45, 7) is 0.332. The highest BCUT2D eigenvalue weighted by Gasteiger charge is 2.28. The summed E-state index contributed by atoms with van der Waals surface area (Å²) in [6.07, 6.45) is 5.21. The second-order valence-electron chi connectivity index (χ2n) is 5.74. The lowest BCUT2D eigenvalue weighted by Gasteiger charge is -2.14. The van der Waals surface area contributed by atoms with E-state index in [1.54, 1.807) is 22.9 Å². The highest BCUT2D eigenvalue weighted by Crippen LogP contribution is 2.21. The number of hydrogen-bond donors (Lipinski definition) is 2. The van der Waals surface area contributed by atoms with Crippen molar-refractivity contribution in [3.05, 3.63) is 52.7 Å². The number of nitrogens with one attached hydrogen (secondary N) is 2. The molecule has 0 unspecified atom stereocenters. The first-order valence-corrected chi connectivity index (χ1v) is 7.69. The average Bonchev–Trinajstić information content (AvgIpc) is 2.96. The second-order valence-corrected chi connectivity index (χ2v) is 5.74. The summed E-state index contributed by atoms with van der Waals surface area (Å²) < 4.78 is 42.3. The molecule has 1 aromatic heterocycles. The minimum absolute atomic E-state index is 0.0461. The minimum atomic E-state index is -1.28. The number of imidazole rings is 1. The van der Waals surface area contributed by atoms with Crippen LogP contribution in [0.25, 0.3) is 11.6 Å². The highest BCUT2D eigenvalue weighted by atomic mass is 19.1. The number of amides is 1. The van der Waals surface area contributed by atoms with Crippen molar-refractivity contribution >= 4 is 34.8 Å². The van der Waals surface area contributed by atoms with Crippen LogP contribution in [0.1, 0.15) is 6.42 Å². The molecule has 0 saturated carbocycles. The Morgan fingerprint density at radius 2 is 1.96 bits per heavy atom. The summed E-state index contributed by atoms with van der Waals surface area (Å²) in [5.74, 6) is -4.69. The van der Waals surface area contributed by atoms with E-state index in [1.165, 1.54) is 0 Å². The summed E-state index contributed by atoms with van der Waals surface area (Å²) in [6, 6.07) is 0.881. The molecule has 2 N–H and O–H groups in total. The Labute approximate surface area is 144 Å². The average molecular weight is 360 g/mol. The molecule has 0 atom stereocenters. The summed E-state index contributed by atoms with van der Waals surface area (Å²) in [5.41, 5.74) is -1.01. The number of hydrogen-bond acceptors (Lipinski definition) is 4. The van der Waals surface area contributed by atoms with Gasteiger partial charge in [0.2, 0.25) is 0 Å². The standard InChI is InChI=1S/C17H11F3N4O2/c18-8-6-9(19)14(10(20)7-8)22-17(26)13-12(25)3-5-24-11-2-1-4-21-15(11)23-16(13)24/h1-2,4,6-7H,3,5H2,(H,21,23)(H,22,26). The molecular weight excluding hydrogens is 349 g/mol. The van der Waals surface area contributed by atoms with Crippen LogP contribution in [0, 0.1) is 17.5 Å². The number of carbonyl (C=O) groups is 2. The number of nitrogens with zero attached hydrogens (tertiary/aromatic N) is 2. The van der Waals surface area contributed by atoms with E-state index in [-0.39, 0.29) is 17.5 Å². The van der Waals surface area contributed by atoms with Gasteiger partial charge in [-0.15, -0.1) is 0 Å². The zero-order valence-electron chi connectivity index (χ0n) is 13.1. The van der Waals surface area contributed by atoms with Crippen LogP contribution in [0.3, 0.4) is 0 Å². The van der Waals surface area contributed by atoms with Crippen molar-refractivity contribution < 1.29 is 22.8 Å². The van der Waals surface area contributed by atoms with Gasteiger partial charge >= 0.3 is 0 Å². The van der Waals surface area contributed by atoms with Gasteiger partial charge in [0.25, 0.3) is 5.91 Å². The van der Waals surface area contributed by atoms with Crippen LogP contribution in [-0.4, -0.2) is 21.2 Å². The van der Waals surface area contributed by atoms with Crippen molar-refractivity contribution in [3.63, 3.8) is 0 Å². The molecule has 6 nitrogen and oxygen atoms in total. The maximum absolute atomic E-state index is 13.8. The summed E-state index contributed by atoms with van der Waals surface area (Å²) in [5, 5.41) is 5.61. The number of anilines is 2. The van der Waals surface area contributed by atoms with Crippen molar-refractivity contribution in [1.29, 1.82) is 0 Å². The second kappa shape index (κ2) is 5.87. The van der Waals surface area contributed by atoms with Gasteiger partial charge in [-0.2, -0.15) is 0 Å². The summed E-state index contributed by atoms with van der Waals surface area (Å²) in [7, 11) is 0. The molecule has 3 heterocycles. The predicted octanol–water partition coefficient (Wildman–Crippen LogP) is 0.782. The maximum atomic E-state index is 13.8. The minimum Gasteiger partial charge on any atom is -0.345 e. The molecule has 0 radical (unpaired) electrons. The van der Waals surface area contributed by atoms with Gasteiger partial charge in [0.1, 0.15) is 17.1 Å². The van der Waals surface area contributed by atoms with Gasteiger partial charge in [-0.1, -0.05) is 0 Å². The molecule has 1 aromatic carbocycles. The van der Waals surface area contributed by atoms with E-state index in [4.69, 9.17) is 0 Å². The molecule has 9 heteroatoms. The van der Waals surface area contributed by atoms with Crippen molar-refractivity contribution in [2.45, 2.75) is 13.0 Å². The quantitative estimate of drug-likeness (QED) is 0.830. The fourth-order valence-electron chi connectivity index (χ4n) is 2.95. The lowest BCUT2D eigenvalue weighted by molar-refractivity contribution is -0.117. The van der Waals surface area contributed by atoms with Crippen LogP contribution in [-0.2, 0) is 16.1 Å². The molecule has 0 spiro atoms. The van der Waals surface area contributed by atoms with Gasteiger partial charge < -0.3 is 15.2 Å². The van der Waals surface area contributed by atoms with E-state index in [9.17, 15) is 22.8 Å². The number of fused-ring (bicyclic) bond motifs is 3. The maximum Gasteiger partial charge on any atom is 0.263 e. The van der Waals surface area contributed by atoms with Gasteiger partial charge in [-0.05, 0) is 12.2 Å². The highest BCUT2D eigenvalue weighted by molar-refractivity contribution is 6.43. The Kier molecular flexibility index (Phi) is 3.64. The van der Waals surface area contributed by atoms with E-state index >= 15 is 0 Å². The van der Waals surface area contributed by atoms with Gasteiger partial charge in [0.05, 0.1) is 5.35 Å². The summed E-state index contributed by atoms with van der Waals surface area (Å²) in [4.78, 5) is 29.1. The molecule has 26 heavy (non-hydrogen) atoms. The lowest BCUT2D eigenvalue weighted by atomic mass is 10.1. The Balaban J connectivity index is 1.83. The van der Waals surface area contributed by atoms with Crippen LogP contribution < -0.4 is 21.5 Å². The zero-order valence-corrected chi connectivity index (χ0v) is 13.1. The third-order valence-corrected chi connectivity index (χ3v) is 4.11. The number of benzene rings is 1. The van der Waals surface area contributed by atoms with Crippen LogP contribution in [0.15, 0.2) is 24.4 Å². The van der Waals surface area contributed by atoms with Crippen molar-refractivity contribution in [1.82, 2.24) is 9.55 Å². The fraction of sp³-hybridized carbons (Fsp3) is 0.118. The van der Waals surface area contributed by atoms with Crippen LogP contribution >= 0.6 is 0 Å².